The second-order valence-corrected chi connectivity index (χ2v) is 5.86. The van der Waals surface area contributed by atoms with Crippen LogP contribution >= 0.6 is 0 Å². The van der Waals surface area contributed by atoms with Crippen molar-refractivity contribution in [3.8, 4) is 0 Å². The zero-order chi connectivity index (χ0) is 12.9. The number of hydrogen-bond acceptors (Lipinski definition) is 2. The average Bonchev–Trinajstić information content (AvgIpc) is 3.01. The van der Waals surface area contributed by atoms with E-state index in [2.05, 4.69) is 34.6 Å². The molecule has 1 aromatic carbocycles. The summed E-state index contributed by atoms with van der Waals surface area (Å²) in [5.41, 5.74) is 2.80. The van der Waals surface area contributed by atoms with Crippen molar-refractivity contribution in [2.75, 3.05) is 13.1 Å². The molecule has 1 aromatic rings. The highest BCUT2D eigenvalue weighted by molar-refractivity contribution is 6.00. The molecule has 1 saturated carbocycles. The minimum atomic E-state index is 0.923. The van der Waals surface area contributed by atoms with Crippen molar-refractivity contribution in [2.24, 2.45) is 10.9 Å². The quantitative estimate of drug-likeness (QED) is 0.875. The lowest BCUT2D eigenvalue weighted by atomic mass is 9.84. The molecule has 0 aromatic heterocycles. The zero-order valence-electron chi connectivity index (χ0n) is 11.7. The maximum atomic E-state index is 4.57. The van der Waals surface area contributed by atoms with Crippen molar-refractivity contribution < 1.29 is 0 Å². The van der Waals surface area contributed by atoms with Gasteiger partial charge in [0, 0.05) is 12.1 Å². The third kappa shape index (κ3) is 3.17. The number of benzene rings is 1. The van der Waals surface area contributed by atoms with E-state index in [4.69, 9.17) is 0 Å². The van der Waals surface area contributed by atoms with Crippen molar-refractivity contribution in [2.45, 2.75) is 44.9 Å². The highest BCUT2D eigenvalue weighted by Gasteiger charge is 2.16. The van der Waals surface area contributed by atoms with Gasteiger partial charge in [0.25, 0.3) is 0 Å². The van der Waals surface area contributed by atoms with Crippen LogP contribution in [0.3, 0.4) is 0 Å². The molecule has 1 aliphatic carbocycles. The van der Waals surface area contributed by atoms with Gasteiger partial charge in [-0.2, -0.15) is 0 Å². The fourth-order valence-electron chi connectivity index (χ4n) is 3.38. The molecule has 2 nitrogen and oxygen atoms in total. The van der Waals surface area contributed by atoms with E-state index in [1.807, 2.05) is 0 Å². The number of aliphatic imine (C=N–C) groups is 1. The summed E-state index contributed by atoms with van der Waals surface area (Å²) < 4.78 is 0. The van der Waals surface area contributed by atoms with Crippen LogP contribution in [0.25, 0.3) is 0 Å². The van der Waals surface area contributed by atoms with Crippen LogP contribution < -0.4 is 5.32 Å². The summed E-state index contributed by atoms with van der Waals surface area (Å²) in [5.74, 6) is 2.07. The number of nitrogens with one attached hydrogen (secondary N) is 1. The summed E-state index contributed by atoms with van der Waals surface area (Å²) in [7, 11) is 0. The topological polar surface area (TPSA) is 24.4 Å². The Labute approximate surface area is 116 Å². The van der Waals surface area contributed by atoms with Crippen LogP contribution in [-0.4, -0.2) is 18.9 Å². The number of nitrogens with zero attached hydrogens (tertiary/aromatic N) is 1. The van der Waals surface area contributed by atoms with E-state index in [-0.39, 0.29) is 0 Å². The average molecular weight is 256 g/mol. The van der Waals surface area contributed by atoms with Crippen LogP contribution in [0, 0.1) is 5.92 Å². The van der Waals surface area contributed by atoms with Crippen LogP contribution in [0.4, 0.5) is 0 Å². The first-order valence-electron chi connectivity index (χ1n) is 7.80. The predicted octanol–water partition coefficient (Wildman–Crippen LogP) is 3.55. The molecule has 1 fully saturated rings. The van der Waals surface area contributed by atoms with Crippen LogP contribution in [-0.2, 0) is 6.42 Å². The van der Waals surface area contributed by atoms with Gasteiger partial charge in [-0.15, -0.1) is 0 Å². The molecule has 2 heteroatoms. The number of amidine groups is 1. The first-order valence-corrected chi connectivity index (χ1v) is 7.80. The molecule has 19 heavy (non-hydrogen) atoms. The van der Waals surface area contributed by atoms with Crippen molar-refractivity contribution in [3.63, 3.8) is 0 Å². The Morgan fingerprint density at radius 1 is 1.11 bits per heavy atom. The number of hydrogen-bond donors (Lipinski definition) is 1. The summed E-state index contributed by atoms with van der Waals surface area (Å²) in [4.78, 5) is 4.57. The van der Waals surface area contributed by atoms with E-state index in [9.17, 15) is 0 Å². The summed E-state index contributed by atoms with van der Waals surface area (Å²) in [5, 5.41) is 3.40. The number of rotatable bonds is 4. The van der Waals surface area contributed by atoms with Crippen molar-refractivity contribution in [3.05, 3.63) is 35.4 Å². The lowest BCUT2D eigenvalue weighted by Crippen LogP contribution is -2.21. The van der Waals surface area contributed by atoms with E-state index in [0.29, 0.717) is 0 Å². The minimum absolute atomic E-state index is 0.923. The molecule has 102 valence electrons. The summed E-state index contributed by atoms with van der Waals surface area (Å²) in [6.45, 7) is 1.92. The number of aryl methyl sites for hydroxylation is 1. The molecule has 1 N–H and O–H groups in total. The Balaban J connectivity index is 1.66. The Hall–Kier alpha value is -1.31. The summed E-state index contributed by atoms with van der Waals surface area (Å²) in [6.07, 6.45) is 9.80. The van der Waals surface area contributed by atoms with Gasteiger partial charge in [-0.1, -0.05) is 56.4 Å². The Kier molecular flexibility index (Phi) is 4.16. The largest absolute Gasteiger partial charge is 0.368 e. The van der Waals surface area contributed by atoms with Crippen LogP contribution in [0.2, 0.25) is 0 Å². The second-order valence-electron chi connectivity index (χ2n) is 5.86. The maximum Gasteiger partial charge on any atom is 0.128 e. The zero-order valence-corrected chi connectivity index (χ0v) is 11.7. The fraction of sp³-hybridized carbons (Fsp3) is 0.588. The van der Waals surface area contributed by atoms with E-state index in [1.165, 1.54) is 56.1 Å². The van der Waals surface area contributed by atoms with Crippen molar-refractivity contribution in [1.82, 2.24) is 5.32 Å². The van der Waals surface area contributed by atoms with Gasteiger partial charge in [0.1, 0.15) is 5.84 Å². The molecule has 1 aliphatic heterocycles. The molecule has 0 bridgehead atoms. The lowest BCUT2D eigenvalue weighted by molar-refractivity contribution is 0.339. The van der Waals surface area contributed by atoms with Crippen molar-refractivity contribution in [1.29, 1.82) is 0 Å². The van der Waals surface area contributed by atoms with Gasteiger partial charge in [-0.25, -0.2) is 0 Å². The molecule has 0 saturated heterocycles. The Morgan fingerprint density at radius 2 is 1.95 bits per heavy atom. The second kappa shape index (κ2) is 6.23. The van der Waals surface area contributed by atoms with Gasteiger partial charge in [-0.05, 0) is 24.3 Å². The van der Waals surface area contributed by atoms with E-state index in [1.54, 1.807) is 0 Å². The van der Waals surface area contributed by atoms with Gasteiger partial charge in [0.05, 0.1) is 6.54 Å². The summed E-state index contributed by atoms with van der Waals surface area (Å²) in [6, 6.07) is 8.78. The first kappa shape index (κ1) is 12.7. The highest BCUT2D eigenvalue weighted by atomic mass is 15.1. The lowest BCUT2D eigenvalue weighted by Gasteiger charge is -2.21. The third-order valence-corrected chi connectivity index (χ3v) is 4.49. The van der Waals surface area contributed by atoms with Gasteiger partial charge in [-0.3, -0.25) is 4.99 Å². The normalized spacial score (nSPS) is 20.1. The van der Waals surface area contributed by atoms with Gasteiger partial charge in [0.2, 0.25) is 0 Å². The Morgan fingerprint density at radius 3 is 2.74 bits per heavy atom. The van der Waals surface area contributed by atoms with Gasteiger partial charge >= 0.3 is 0 Å². The minimum Gasteiger partial charge on any atom is -0.368 e. The fourth-order valence-corrected chi connectivity index (χ4v) is 3.38. The van der Waals surface area contributed by atoms with E-state index >= 15 is 0 Å². The predicted molar refractivity (Wildman–Crippen MR) is 80.7 cm³/mol. The molecular formula is C17H24N2. The SMILES string of the molecule is c1ccc(C2=NCCN2)c(CCC2CCCCC2)c1. The maximum absolute atomic E-state index is 4.57. The Bertz CT molecular complexity index is 444. The first-order chi connectivity index (χ1) is 9.43. The standard InChI is InChI=1S/C17H24N2/c1-2-6-14(7-3-1)10-11-15-8-4-5-9-16(15)17-18-12-13-19-17/h4-5,8-9,14H,1-3,6-7,10-13H2,(H,18,19). The molecule has 0 spiro atoms. The van der Waals surface area contributed by atoms with Crippen LogP contribution in [0.1, 0.15) is 49.7 Å². The van der Waals surface area contributed by atoms with Gasteiger partial charge in [0.15, 0.2) is 0 Å². The third-order valence-electron chi connectivity index (χ3n) is 4.49. The van der Waals surface area contributed by atoms with Crippen LogP contribution in [0.15, 0.2) is 29.3 Å². The van der Waals surface area contributed by atoms with Crippen LogP contribution in [0.5, 0.6) is 0 Å². The van der Waals surface area contributed by atoms with Crippen molar-refractivity contribution >= 4 is 5.84 Å². The molecule has 0 amide bonds. The van der Waals surface area contributed by atoms with Gasteiger partial charge < -0.3 is 5.32 Å². The molecule has 1 heterocycles. The monoisotopic (exact) mass is 256 g/mol. The molecular weight excluding hydrogens is 232 g/mol. The molecule has 0 unspecified atom stereocenters. The van der Waals surface area contributed by atoms with E-state index in [0.717, 1.165) is 24.8 Å². The molecule has 2 aliphatic rings. The van der Waals surface area contributed by atoms with E-state index < -0.39 is 0 Å². The molecule has 3 rings (SSSR count). The molecule has 0 radical (unpaired) electrons. The molecule has 0 atom stereocenters. The summed E-state index contributed by atoms with van der Waals surface area (Å²) >= 11 is 0. The highest BCUT2D eigenvalue weighted by Crippen LogP contribution is 2.28. The smallest absolute Gasteiger partial charge is 0.128 e.